The first kappa shape index (κ1) is 23.9. The predicted molar refractivity (Wildman–Crippen MR) is 139 cm³/mol. The lowest BCUT2D eigenvalue weighted by Crippen LogP contribution is -2.37. The molecule has 2 aliphatic heterocycles. The maximum atomic E-state index is 5.53. The second-order valence-corrected chi connectivity index (χ2v) is 11.1. The van der Waals surface area contributed by atoms with Gasteiger partial charge in [-0.15, -0.1) is 10.2 Å². The Balaban J connectivity index is 1.29. The molecule has 0 N–H and O–H groups in total. The lowest BCUT2D eigenvalue weighted by Gasteiger charge is -2.34. The average Bonchev–Trinajstić information content (AvgIpc) is 3.56. The molecular formula is C27H39N5OS. The van der Waals surface area contributed by atoms with Crippen LogP contribution in [0.3, 0.4) is 0 Å². The predicted octanol–water partition coefficient (Wildman–Crippen LogP) is 5.00. The zero-order chi connectivity index (χ0) is 23.2. The lowest BCUT2D eigenvalue weighted by atomic mass is 9.91. The first-order valence-corrected chi connectivity index (χ1v) is 14.1. The molecule has 34 heavy (non-hydrogen) atoms. The van der Waals surface area contributed by atoms with Gasteiger partial charge >= 0.3 is 0 Å². The molecule has 0 radical (unpaired) electrons. The first-order chi connectivity index (χ1) is 16.8. The van der Waals surface area contributed by atoms with Crippen molar-refractivity contribution < 1.29 is 4.74 Å². The molecule has 0 saturated carbocycles. The Morgan fingerprint density at radius 1 is 1.00 bits per heavy atom. The maximum Gasteiger partial charge on any atom is 0.195 e. The zero-order valence-electron chi connectivity index (χ0n) is 20.6. The van der Waals surface area contributed by atoms with Gasteiger partial charge in [0, 0.05) is 30.8 Å². The fourth-order valence-electron chi connectivity index (χ4n) is 5.66. The van der Waals surface area contributed by atoms with Crippen LogP contribution in [-0.4, -0.2) is 76.7 Å². The highest BCUT2D eigenvalue weighted by molar-refractivity contribution is 7.99. The number of allylic oxidation sites excluding steroid dienone is 2. The largest absolute Gasteiger partial charge is 0.497 e. The van der Waals surface area contributed by atoms with E-state index in [4.69, 9.17) is 14.9 Å². The minimum atomic E-state index is 0.453. The smallest absolute Gasteiger partial charge is 0.195 e. The molecule has 2 aromatic rings. The van der Waals surface area contributed by atoms with Crippen molar-refractivity contribution in [1.29, 1.82) is 0 Å². The number of thioether (sulfide) groups is 1. The van der Waals surface area contributed by atoms with Gasteiger partial charge in [0.15, 0.2) is 5.16 Å². The number of benzene rings is 1. The number of nitrogens with zero attached hydrogens (tertiary/aromatic N) is 5. The van der Waals surface area contributed by atoms with E-state index in [1.54, 1.807) is 7.11 Å². The first-order valence-electron chi connectivity index (χ1n) is 13.1. The minimum Gasteiger partial charge on any atom is -0.497 e. The third-order valence-corrected chi connectivity index (χ3v) is 8.56. The van der Waals surface area contributed by atoms with Crippen LogP contribution in [-0.2, 0) is 0 Å². The quantitative estimate of drug-likeness (QED) is 0.371. The Morgan fingerprint density at radius 3 is 2.62 bits per heavy atom. The fraction of sp³-hybridized carbons (Fsp3) is 0.630. The van der Waals surface area contributed by atoms with Crippen LogP contribution in [0.1, 0.15) is 56.7 Å². The van der Waals surface area contributed by atoms with E-state index in [-0.39, 0.29) is 0 Å². The molecule has 2 saturated heterocycles. The summed E-state index contributed by atoms with van der Waals surface area (Å²) in [6.07, 6.45) is 13.6. The van der Waals surface area contributed by atoms with Crippen LogP contribution in [0.25, 0.3) is 5.69 Å². The SMILES string of the molecule is COc1cccc(-n2c(SCCN3CCCC3)nnc2C2CCN(C[C@H]3CC=CCC3)CC2)c1. The summed E-state index contributed by atoms with van der Waals surface area (Å²) in [5.41, 5.74) is 1.11. The third kappa shape index (κ3) is 5.86. The zero-order valence-corrected chi connectivity index (χ0v) is 21.4. The van der Waals surface area contributed by atoms with E-state index in [1.165, 1.54) is 51.7 Å². The molecular weight excluding hydrogens is 442 g/mol. The highest BCUT2D eigenvalue weighted by Crippen LogP contribution is 2.33. The van der Waals surface area contributed by atoms with Crippen molar-refractivity contribution in [2.75, 3.05) is 52.1 Å². The van der Waals surface area contributed by atoms with Crippen molar-refractivity contribution in [3.05, 3.63) is 42.2 Å². The van der Waals surface area contributed by atoms with Crippen LogP contribution in [0, 0.1) is 5.92 Å². The summed E-state index contributed by atoms with van der Waals surface area (Å²) in [6.45, 7) is 7.17. The molecule has 0 amide bonds. The van der Waals surface area contributed by atoms with Gasteiger partial charge in [0.1, 0.15) is 11.6 Å². The van der Waals surface area contributed by atoms with E-state index in [0.29, 0.717) is 5.92 Å². The molecule has 3 heterocycles. The Kier molecular flexibility index (Phi) is 8.25. The monoisotopic (exact) mass is 481 g/mol. The summed E-state index contributed by atoms with van der Waals surface area (Å²) >= 11 is 1.84. The topological polar surface area (TPSA) is 46.4 Å². The van der Waals surface area contributed by atoms with E-state index in [9.17, 15) is 0 Å². The standard InChI is InChI=1S/C27H39N5OS/c1-33-25-11-7-10-24(20-25)32-26(28-29-27(32)34-19-18-30-14-5-6-15-30)23-12-16-31(17-13-23)21-22-8-3-2-4-9-22/h2-3,7,10-11,20,22-23H,4-6,8-9,12-19,21H2,1H3/t22-/m0/s1. The number of hydrogen-bond acceptors (Lipinski definition) is 6. The van der Waals surface area contributed by atoms with Crippen molar-refractivity contribution in [3.63, 3.8) is 0 Å². The van der Waals surface area contributed by atoms with Gasteiger partial charge in [0.05, 0.1) is 12.8 Å². The molecule has 0 unspecified atom stereocenters. The van der Waals surface area contributed by atoms with Gasteiger partial charge < -0.3 is 14.5 Å². The fourth-order valence-corrected chi connectivity index (χ4v) is 6.62. The van der Waals surface area contributed by atoms with E-state index >= 15 is 0 Å². The van der Waals surface area contributed by atoms with Crippen LogP contribution in [0.5, 0.6) is 5.75 Å². The molecule has 0 spiro atoms. The number of ether oxygens (including phenoxy) is 1. The third-order valence-electron chi connectivity index (χ3n) is 7.65. The van der Waals surface area contributed by atoms with E-state index in [1.807, 2.05) is 17.8 Å². The second-order valence-electron chi connectivity index (χ2n) is 10.0. The Bertz CT molecular complexity index is 946. The van der Waals surface area contributed by atoms with Crippen molar-refractivity contribution in [2.45, 2.75) is 56.0 Å². The van der Waals surface area contributed by atoms with Crippen LogP contribution in [0.15, 0.2) is 41.6 Å². The number of rotatable bonds is 9. The van der Waals surface area contributed by atoms with Crippen LogP contribution in [0.2, 0.25) is 0 Å². The molecule has 1 aliphatic carbocycles. The molecule has 5 rings (SSSR count). The maximum absolute atomic E-state index is 5.53. The van der Waals surface area contributed by atoms with Crippen molar-refractivity contribution in [2.24, 2.45) is 5.92 Å². The van der Waals surface area contributed by atoms with Gasteiger partial charge in [-0.3, -0.25) is 4.57 Å². The molecule has 3 aliphatic rings. The van der Waals surface area contributed by atoms with Crippen molar-refractivity contribution in [1.82, 2.24) is 24.6 Å². The van der Waals surface area contributed by atoms with Gasteiger partial charge in [-0.1, -0.05) is 30.0 Å². The highest BCUT2D eigenvalue weighted by Gasteiger charge is 2.28. The van der Waals surface area contributed by atoms with Gasteiger partial charge in [-0.2, -0.15) is 0 Å². The molecule has 184 valence electrons. The minimum absolute atomic E-state index is 0.453. The number of likely N-dealkylation sites (tertiary alicyclic amines) is 2. The summed E-state index contributed by atoms with van der Waals surface area (Å²) in [5, 5.41) is 10.5. The van der Waals surface area contributed by atoms with Crippen LogP contribution < -0.4 is 4.74 Å². The summed E-state index contributed by atoms with van der Waals surface area (Å²) in [5.74, 6) is 4.34. The van der Waals surface area contributed by atoms with Gasteiger partial charge in [0.25, 0.3) is 0 Å². The average molecular weight is 482 g/mol. The van der Waals surface area contributed by atoms with E-state index < -0.39 is 0 Å². The molecule has 1 atom stereocenters. The number of methoxy groups -OCH3 is 1. The molecule has 2 fully saturated rings. The Hall–Kier alpha value is -1.83. The molecule has 6 nitrogen and oxygen atoms in total. The summed E-state index contributed by atoms with van der Waals surface area (Å²) < 4.78 is 7.84. The van der Waals surface area contributed by atoms with Crippen molar-refractivity contribution in [3.8, 4) is 11.4 Å². The number of piperidine rings is 1. The summed E-state index contributed by atoms with van der Waals surface area (Å²) in [7, 11) is 1.73. The lowest BCUT2D eigenvalue weighted by molar-refractivity contribution is 0.175. The normalized spacial score (nSPS) is 22.4. The van der Waals surface area contributed by atoms with E-state index in [0.717, 1.165) is 66.6 Å². The second kappa shape index (κ2) is 11.7. The Morgan fingerprint density at radius 2 is 1.85 bits per heavy atom. The number of aromatic nitrogens is 3. The van der Waals surface area contributed by atoms with E-state index in [2.05, 4.69) is 44.7 Å². The van der Waals surface area contributed by atoms with Crippen molar-refractivity contribution >= 4 is 11.8 Å². The molecule has 1 aromatic carbocycles. The van der Waals surface area contributed by atoms with Gasteiger partial charge in [-0.05, 0) is 89.2 Å². The Labute approximate surface area is 208 Å². The molecule has 7 heteroatoms. The van der Waals surface area contributed by atoms with Gasteiger partial charge in [0.2, 0.25) is 0 Å². The summed E-state index contributed by atoms with van der Waals surface area (Å²) in [4.78, 5) is 5.25. The van der Waals surface area contributed by atoms with Crippen LogP contribution in [0.4, 0.5) is 0 Å². The van der Waals surface area contributed by atoms with Crippen LogP contribution >= 0.6 is 11.8 Å². The number of hydrogen-bond donors (Lipinski definition) is 0. The van der Waals surface area contributed by atoms with Gasteiger partial charge in [-0.25, -0.2) is 0 Å². The highest BCUT2D eigenvalue weighted by atomic mass is 32.2. The molecule has 0 bridgehead atoms. The molecule has 1 aromatic heterocycles. The summed E-state index contributed by atoms with van der Waals surface area (Å²) in [6, 6.07) is 8.35.